The van der Waals surface area contributed by atoms with Crippen LogP contribution in [0.25, 0.3) is 0 Å². The van der Waals surface area contributed by atoms with Crippen LogP contribution in [0, 0.1) is 0 Å². The molecule has 0 saturated carbocycles. The molecule has 1 rings (SSSR count). The highest BCUT2D eigenvalue weighted by atomic mass is 79.9. The highest BCUT2D eigenvalue weighted by Gasteiger charge is 1.99. The Bertz CT molecular complexity index is 239. The van der Waals surface area contributed by atoms with Crippen LogP contribution in [0.4, 0.5) is 0 Å². The number of alkyl halides is 1. The van der Waals surface area contributed by atoms with Crippen LogP contribution in [-0.2, 0) is 5.33 Å². The molecule has 0 fully saturated rings. The minimum Gasteiger partial charge on any atom is -0.257 e. The molecule has 54 valence electrons. The Balaban J connectivity index is 3.07. The van der Waals surface area contributed by atoms with Crippen LogP contribution in [0.5, 0.6) is 0 Å². The van der Waals surface area contributed by atoms with E-state index in [2.05, 4.69) is 20.9 Å². The van der Waals surface area contributed by atoms with Crippen molar-refractivity contribution in [1.82, 2.24) is 4.98 Å². The van der Waals surface area contributed by atoms with E-state index < -0.39 is 0 Å². The third-order valence-corrected chi connectivity index (χ3v) is 2.08. The van der Waals surface area contributed by atoms with Gasteiger partial charge in [-0.1, -0.05) is 39.1 Å². The monoisotopic (exact) mass is 239 g/mol. The summed E-state index contributed by atoms with van der Waals surface area (Å²) in [6, 6.07) is 1.67. The van der Waals surface area contributed by atoms with E-state index in [1.54, 1.807) is 12.3 Å². The summed E-state index contributed by atoms with van der Waals surface area (Å²) in [7, 11) is 0. The van der Waals surface area contributed by atoms with E-state index in [9.17, 15) is 0 Å². The van der Waals surface area contributed by atoms with Crippen molar-refractivity contribution in [2.75, 3.05) is 0 Å². The van der Waals surface area contributed by atoms with Gasteiger partial charge in [0.15, 0.2) is 0 Å². The lowest BCUT2D eigenvalue weighted by atomic mass is 10.4. The van der Waals surface area contributed by atoms with E-state index in [0.717, 1.165) is 5.69 Å². The Hall–Kier alpha value is 0.210. The minimum atomic E-state index is 0.565. The van der Waals surface area contributed by atoms with Crippen molar-refractivity contribution in [2.24, 2.45) is 0 Å². The molecule has 0 bridgehead atoms. The maximum Gasteiger partial charge on any atom is 0.0696 e. The molecule has 0 aliphatic carbocycles. The molecule has 0 unspecified atom stereocenters. The quantitative estimate of drug-likeness (QED) is 0.687. The summed E-state index contributed by atoms with van der Waals surface area (Å²) in [5, 5.41) is 1.82. The van der Waals surface area contributed by atoms with E-state index in [1.807, 2.05) is 0 Å². The van der Waals surface area contributed by atoms with E-state index in [-0.39, 0.29) is 0 Å². The maximum atomic E-state index is 5.75. The minimum absolute atomic E-state index is 0.565. The van der Waals surface area contributed by atoms with E-state index in [0.29, 0.717) is 15.4 Å². The summed E-state index contributed by atoms with van der Waals surface area (Å²) in [6.07, 6.45) is 1.57. The molecular formula is C6H4BrCl2N. The molecule has 0 atom stereocenters. The van der Waals surface area contributed by atoms with Crippen LogP contribution in [0.15, 0.2) is 12.3 Å². The smallest absolute Gasteiger partial charge is 0.0696 e. The average Bonchev–Trinajstić information content (AvgIpc) is 1.88. The molecule has 0 aliphatic heterocycles. The first kappa shape index (κ1) is 8.31. The summed E-state index contributed by atoms with van der Waals surface area (Å²) in [6.45, 7) is 0. The van der Waals surface area contributed by atoms with Gasteiger partial charge in [0.1, 0.15) is 0 Å². The van der Waals surface area contributed by atoms with Gasteiger partial charge in [-0.25, -0.2) is 0 Å². The average molecular weight is 241 g/mol. The van der Waals surface area contributed by atoms with Crippen LogP contribution >= 0.6 is 39.1 Å². The van der Waals surface area contributed by atoms with Crippen molar-refractivity contribution >= 4 is 39.1 Å². The normalized spacial score (nSPS) is 9.90. The maximum absolute atomic E-state index is 5.75. The van der Waals surface area contributed by atoms with Gasteiger partial charge in [-0.3, -0.25) is 4.98 Å². The molecule has 1 aromatic heterocycles. The second-order valence-corrected chi connectivity index (χ2v) is 3.12. The van der Waals surface area contributed by atoms with E-state index in [4.69, 9.17) is 23.2 Å². The summed E-state index contributed by atoms with van der Waals surface area (Å²) in [5.74, 6) is 0. The van der Waals surface area contributed by atoms with Crippen molar-refractivity contribution in [2.45, 2.75) is 5.33 Å². The molecule has 4 heteroatoms. The Labute approximate surface area is 77.5 Å². The van der Waals surface area contributed by atoms with Crippen LogP contribution in [0.2, 0.25) is 10.0 Å². The van der Waals surface area contributed by atoms with Crippen molar-refractivity contribution < 1.29 is 0 Å². The molecule has 0 spiro atoms. The Morgan fingerprint density at radius 1 is 1.50 bits per heavy atom. The fourth-order valence-electron chi connectivity index (χ4n) is 0.541. The van der Waals surface area contributed by atoms with Gasteiger partial charge in [0.05, 0.1) is 15.7 Å². The summed E-state index contributed by atoms with van der Waals surface area (Å²) >= 11 is 14.6. The number of hydrogen-bond donors (Lipinski definition) is 0. The van der Waals surface area contributed by atoms with Gasteiger partial charge in [0.2, 0.25) is 0 Å². The van der Waals surface area contributed by atoms with Gasteiger partial charge >= 0.3 is 0 Å². The number of halogens is 3. The highest BCUT2D eigenvalue weighted by molar-refractivity contribution is 9.08. The molecule has 0 amide bonds. The summed E-state index contributed by atoms with van der Waals surface area (Å²) < 4.78 is 0. The lowest BCUT2D eigenvalue weighted by Gasteiger charge is -1.96. The number of pyridine rings is 1. The van der Waals surface area contributed by atoms with E-state index in [1.165, 1.54) is 0 Å². The lowest BCUT2D eigenvalue weighted by Crippen LogP contribution is -1.84. The Morgan fingerprint density at radius 3 is 2.70 bits per heavy atom. The molecule has 1 nitrogen and oxygen atoms in total. The molecule has 0 radical (unpaired) electrons. The van der Waals surface area contributed by atoms with Crippen LogP contribution in [0.3, 0.4) is 0 Å². The SMILES string of the molecule is Clc1cnc(CBr)c(Cl)c1. The van der Waals surface area contributed by atoms with Gasteiger partial charge in [0.25, 0.3) is 0 Å². The highest BCUT2D eigenvalue weighted by Crippen LogP contribution is 2.19. The van der Waals surface area contributed by atoms with Crippen LogP contribution < -0.4 is 0 Å². The predicted molar refractivity (Wildman–Crippen MR) is 46.9 cm³/mol. The summed E-state index contributed by atoms with van der Waals surface area (Å²) in [4.78, 5) is 3.99. The lowest BCUT2D eigenvalue weighted by molar-refractivity contribution is 1.19. The Kier molecular flexibility index (Phi) is 2.96. The standard InChI is InChI=1S/C6H4BrCl2N/c7-2-6-5(9)1-4(8)3-10-6/h1,3H,2H2. The predicted octanol–water partition coefficient (Wildman–Crippen LogP) is 3.28. The van der Waals surface area contributed by atoms with Crippen molar-refractivity contribution in [1.29, 1.82) is 0 Å². The van der Waals surface area contributed by atoms with Gasteiger partial charge in [-0.2, -0.15) is 0 Å². The zero-order chi connectivity index (χ0) is 7.56. The second-order valence-electron chi connectivity index (χ2n) is 1.72. The first-order valence-electron chi connectivity index (χ1n) is 2.60. The zero-order valence-corrected chi connectivity index (χ0v) is 8.04. The zero-order valence-electron chi connectivity index (χ0n) is 4.94. The third kappa shape index (κ3) is 1.84. The molecule has 0 saturated heterocycles. The topological polar surface area (TPSA) is 12.9 Å². The molecule has 1 heterocycles. The molecule has 10 heavy (non-hydrogen) atoms. The molecule has 0 aromatic carbocycles. The molecule has 0 N–H and O–H groups in total. The van der Waals surface area contributed by atoms with Crippen LogP contribution in [-0.4, -0.2) is 4.98 Å². The first-order chi connectivity index (χ1) is 4.74. The number of nitrogens with zero attached hydrogens (tertiary/aromatic N) is 1. The fourth-order valence-corrected chi connectivity index (χ4v) is 1.60. The third-order valence-electron chi connectivity index (χ3n) is 1.01. The largest absolute Gasteiger partial charge is 0.257 e. The van der Waals surface area contributed by atoms with Crippen molar-refractivity contribution in [3.05, 3.63) is 28.0 Å². The second kappa shape index (κ2) is 3.56. The molecule has 0 aliphatic rings. The van der Waals surface area contributed by atoms with Crippen molar-refractivity contribution in [3.63, 3.8) is 0 Å². The number of rotatable bonds is 1. The van der Waals surface area contributed by atoms with Crippen molar-refractivity contribution in [3.8, 4) is 0 Å². The number of hydrogen-bond acceptors (Lipinski definition) is 1. The van der Waals surface area contributed by atoms with Crippen LogP contribution in [0.1, 0.15) is 5.69 Å². The van der Waals surface area contributed by atoms with Gasteiger partial charge in [-0.15, -0.1) is 0 Å². The van der Waals surface area contributed by atoms with Gasteiger partial charge in [0, 0.05) is 11.5 Å². The van der Waals surface area contributed by atoms with Gasteiger partial charge < -0.3 is 0 Å². The number of aromatic nitrogens is 1. The molecule has 1 aromatic rings. The molecular weight excluding hydrogens is 237 g/mol. The first-order valence-corrected chi connectivity index (χ1v) is 4.47. The van der Waals surface area contributed by atoms with E-state index >= 15 is 0 Å². The Morgan fingerprint density at radius 2 is 2.20 bits per heavy atom. The summed E-state index contributed by atoms with van der Waals surface area (Å²) in [5.41, 5.74) is 0.811. The fraction of sp³-hybridized carbons (Fsp3) is 0.167. The van der Waals surface area contributed by atoms with Gasteiger partial charge in [-0.05, 0) is 6.07 Å².